The molecule has 0 radical (unpaired) electrons. The monoisotopic (exact) mass is 541 g/mol. The quantitative estimate of drug-likeness (QED) is 0.371. The summed E-state index contributed by atoms with van der Waals surface area (Å²) in [5, 5.41) is 3.92. The normalized spacial score (nSPS) is 12.4. The van der Waals surface area contributed by atoms with Gasteiger partial charge in [-0.2, -0.15) is 4.37 Å². The van der Waals surface area contributed by atoms with Gasteiger partial charge in [0.15, 0.2) is 11.5 Å². The van der Waals surface area contributed by atoms with Crippen LogP contribution in [0.4, 0.5) is 16.6 Å². The zero-order valence-electron chi connectivity index (χ0n) is 23.7. The Morgan fingerprint density at radius 1 is 1.08 bits per heavy atom. The van der Waals surface area contributed by atoms with Gasteiger partial charge in [-0.3, -0.25) is 9.59 Å². The second-order valence-electron chi connectivity index (χ2n) is 9.55. The highest BCUT2D eigenvalue weighted by Gasteiger charge is 2.18. The Morgan fingerprint density at radius 3 is 2.13 bits per heavy atom. The van der Waals surface area contributed by atoms with E-state index in [0.29, 0.717) is 5.82 Å². The molecule has 10 heteroatoms. The van der Waals surface area contributed by atoms with Crippen LogP contribution in [0.1, 0.15) is 81.2 Å². The highest BCUT2D eigenvalue weighted by molar-refractivity contribution is 7.10. The van der Waals surface area contributed by atoms with Gasteiger partial charge in [0, 0.05) is 13.1 Å². The lowest BCUT2D eigenvalue weighted by molar-refractivity contribution is -0.106. The molecule has 0 spiro atoms. The van der Waals surface area contributed by atoms with Crippen molar-refractivity contribution in [3.05, 3.63) is 59.0 Å². The molecular formula is C28H43N7O2S. The van der Waals surface area contributed by atoms with Crippen LogP contribution in [0.15, 0.2) is 36.5 Å². The molecule has 0 atom stereocenters. The number of nitrogens with zero attached hydrogens (tertiary/aromatic N) is 4. The van der Waals surface area contributed by atoms with Gasteiger partial charge in [-0.15, -0.1) is 0 Å². The predicted octanol–water partition coefficient (Wildman–Crippen LogP) is 5.49. The smallest absolute Gasteiger partial charge is 0.271 e. The summed E-state index contributed by atoms with van der Waals surface area (Å²) in [4.78, 5) is 31.1. The van der Waals surface area contributed by atoms with E-state index in [0.717, 1.165) is 42.4 Å². The fourth-order valence-corrected chi connectivity index (χ4v) is 4.18. The van der Waals surface area contributed by atoms with Gasteiger partial charge in [-0.05, 0) is 61.7 Å². The maximum Gasteiger partial charge on any atom is 0.271 e. The molecule has 1 aromatic carbocycles. The van der Waals surface area contributed by atoms with E-state index in [-0.39, 0.29) is 17.5 Å². The third-order valence-electron chi connectivity index (χ3n) is 5.46. The van der Waals surface area contributed by atoms with Crippen molar-refractivity contribution in [3.63, 3.8) is 0 Å². The van der Waals surface area contributed by atoms with E-state index in [1.165, 1.54) is 29.1 Å². The number of hydrogen-bond donors (Lipinski definition) is 3. The number of hydrogen-bond acceptors (Lipinski definition) is 8. The van der Waals surface area contributed by atoms with Crippen LogP contribution in [-0.2, 0) is 10.2 Å². The molecule has 1 aliphatic rings. The molecule has 4 rings (SSSR count). The molecule has 9 nitrogen and oxygen atoms in total. The Labute approximate surface area is 231 Å². The molecule has 208 valence electrons. The predicted molar refractivity (Wildman–Crippen MR) is 158 cm³/mol. The van der Waals surface area contributed by atoms with E-state index in [2.05, 4.69) is 82.3 Å². The van der Waals surface area contributed by atoms with Crippen molar-refractivity contribution >= 4 is 40.5 Å². The first kappa shape index (κ1) is 32.5. The van der Waals surface area contributed by atoms with Crippen LogP contribution >= 0.6 is 11.5 Å². The fraction of sp³-hybridized carbons (Fsp3) is 0.464. The molecule has 5 N–H and O–H groups in total. The number of aromatic nitrogens is 3. The molecule has 2 amide bonds. The summed E-state index contributed by atoms with van der Waals surface area (Å²) in [6.07, 6.45) is 5.41. The standard InChI is InChI=1S/C14H18N6OS.C11H16.C2H6.CH3NO/c1-9-7-11(22-19-9)18-14-12(13(15)21)16-8-10(17-14)20-5-3-2-4-6-20;1-9-5-7-10(8-6-9)11(2,3)4;1-2;2-1-3/h7-8H,2-6H2,1H3,(H2,15,21)(H,17,18);5-8H,1-4H3;1-2H3;1H,(H2,2,3). The maximum absolute atomic E-state index is 11.6. The summed E-state index contributed by atoms with van der Waals surface area (Å²) in [7, 11) is 0. The number of primary amides is 2. The van der Waals surface area contributed by atoms with Crippen molar-refractivity contribution in [2.45, 2.75) is 73.1 Å². The van der Waals surface area contributed by atoms with Gasteiger partial charge in [0.1, 0.15) is 10.8 Å². The molecule has 3 aromatic rings. The van der Waals surface area contributed by atoms with Gasteiger partial charge < -0.3 is 21.7 Å². The average molecular weight is 542 g/mol. The van der Waals surface area contributed by atoms with Gasteiger partial charge in [0.2, 0.25) is 6.41 Å². The minimum Gasteiger partial charge on any atom is -0.372 e. The third kappa shape index (κ3) is 10.8. The molecule has 1 fully saturated rings. The number of rotatable bonds is 4. The number of amides is 2. The number of aryl methyl sites for hydroxylation is 2. The van der Waals surface area contributed by atoms with Crippen molar-refractivity contribution in [2.24, 2.45) is 11.5 Å². The fourth-order valence-electron chi connectivity index (χ4n) is 3.52. The zero-order valence-corrected chi connectivity index (χ0v) is 24.6. The van der Waals surface area contributed by atoms with Crippen molar-refractivity contribution in [2.75, 3.05) is 23.3 Å². The molecule has 38 heavy (non-hydrogen) atoms. The van der Waals surface area contributed by atoms with E-state index in [1.54, 1.807) is 6.20 Å². The lowest BCUT2D eigenvalue weighted by Crippen LogP contribution is -2.30. The minimum atomic E-state index is -0.596. The molecule has 0 saturated carbocycles. The molecule has 0 unspecified atom stereocenters. The molecule has 3 heterocycles. The van der Waals surface area contributed by atoms with Crippen LogP contribution in [-0.4, -0.2) is 39.7 Å². The van der Waals surface area contributed by atoms with Crippen molar-refractivity contribution in [1.82, 2.24) is 14.3 Å². The summed E-state index contributed by atoms with van der Waals surface area (Å²) in [6, 6.07) is 10.6. The number of carbonyl (C=O) groups is 2. The van der Waals surface area contributed by atoms with Gasteiger partial charge >= 0.3 is 0 Å². The summed E-state index contributed by atoms with van der Waals surface area (Å²) < 4.78 is 4.20. The summed E-state index contributed by atoms with van der Waals surface area (Å²) >= 11 is 1.31. The molecule has 1 aliphatic heterocycles. The highest BCUT2D eigenvalue weighted by Crippen LogP contribution is 2.25. The largest absolute Gasteiger partial charge is 0.372 e. The van der Waals surface area contributed by atoms with Crippen LogP contribution in [0.3, 0.4) is 0 Å². The van der Waals surface area contributed by atoms with Crippen LogP contribution in [0.5, 0.6) is 0 Å². The molecule has 2 aromatic heterocycles. The van der Waals surface area contributed by atoms with E-state index in [1.807, 2.05) is 26.8 Å². The first-order chi connectivity index (χ1) is 18.0. The number of anilines is 3. The lowest BCUT2D eigenvalue weighted by Gasteiger charge is -2.27. The highest BCUT2D eigenvalue weighted by atomic mass is 32.1. The Kier molecular flexibility index (Phi) is 14.0. The van der Waals surface area contributed by atoms with Crippen molar-refractivity contribution < 1.29 is 9.59 Å². The number of piperidine rings is 1. The minimum absolute atomic E-state index is 0.145. The summed E-state index contributed by atoms with van der Waals surface area (Å²) in [5.41, 5.74) is 13.6. The van der Waals surface area contributed by atoms with Gasteiger partial charge in [-0.1, -0.05) is 64.4 Å². The second kappa shape index (κ2) is 16.3. The average Bonchev–Trinajstić information content (AvgIpc) is 3.30. The number of benzene rings is 1. The molecule has 0 aliphatic carbocycles. The third-order valence-corrected chi connectivity index (χ3v) is 6.26. The molecular weight excluding hydrogens is 498 g/mol. The van der Waals surface area contributed by atoms with E-state index < -0.39 is 5.91 Å². The van der Waals surface area contributed by atoms with Crippen molar-refractivity contribution in [1.29, 1.82) is 0 Å². The van der Waals surface area contributed by atoms with E-state index >= 15 is 0 Å². The number of nitrogens with two attached hydrogens (primary N) is 2. The summed E-state index contributed by atoms with van der Waals surface area (Å²) in [6.45, 7) is 16.7. The lowest BCUT2D eigenvalue weighted by atomic mass is 9.87. The second-order valence-corrected chi connectivity index (χ2v) is 10.4. The van der Waals surface area contributed by atoms with Crippen molar-refractivity contribution in [3.8, 4) is 0 Å². The Balaban J connectivity index is 0.000000379. The van der Waals surface area contributed by atoms with E-state index in [4.69, 9.17) is 10.5 Å². The summed E-state index contributed by atoms with van der Waals surface area (Å²) in [5.74, 6) is 0.564. The van der Waals surface area contributed by atoms with Gasteiger partial charge in [-0.25, -0.2) is 9.97 Å². The zero-order chi connectivity index (χ0) is 28.7. The van der Waals surface area contributed by atoms with Crippen LogP contribution in [0.2, 0.25) is 0 Å². The van der Waals surface area contributed by atoms with Gasteiger partial charge in [0.25, 0.3) is 5.91 Å². The first-order valence-corrected chi connectivity index (χ1v) is 13.7. The molecule has 0 bridgehead atoms. The Hall–Kier alpha value is -3.53. The Morgan fingerprint density at radius 2 is 1.66 bits per heavy atom. The SMILES string of the molecule is CC.Cc1cc(Nc2nc(N3CCCCC3)cnc2C(N)=O)sn1.Cc1ccc(C(C)(C)C)cc1.NC=O. The topological polar surface area (TPSA) is 140 Å². The number of carbonyl (C=O) groups excluding carboxylic acids is 2. The van der Waals surface area contributed by atoms with Crippen LogP contribution in [0.25, 0.3) is 0 Å². The Bertz CT molecular complexity index is 1120. The van der Waals surface area contributed by atoms with E-state index in [9.17, 15) is 4.79 Å². The van der Waals surface area contributed by atoms with Crippen LogP contribution < -0.4 is 21.7 Å². The number of nitrogens with one attached hydrogen (secondary N) is 1. The van der Waals surface area contributed by atoms with Gasteiger partial charge in [0.05, 0.1) is 11.9 Å². The molecule has 1 saturated heterocycles. The van der Waals surface area contributed by atoms with Crippen LogP contribution in [0, 0.1) is 13.8 Å². The first-order valence-electron chi connectivity index (χ1n) is 12.9. The maximum atomic E-state index is 11.6.